The average molecular weight is 497 g/mol. The predicted octanol–water partition coefficient (Wildman–Crippen LogP) is 5.65. The number of aromatic nitrogens is 1. The number of aliphatic hydroxyl groups is 1. The van der Waals surface area contributed by atoms with Crippen LogP contribution < -0.4 is 4.74 Å². The summed E-state index contributed by atoms with van der Waals surface area (Å²) < 4.78 is 5.88. The quantitative estimate of drug-likeness (QED) is 0.203. The molecule has 1 amide bonds. The number of rotatable bonds is 7. The average Bonchev–Trinajstić information content (AvgIpc) is 3.51. The normalized spacial score (nSPS) is 16.9. The summed E-state index contributed by atoms with van der Waals surface area (Å²) >= 11 is 1.44. The van der Waals surface area contributed by atoms with E-state index in [1.807, 2.05) is 42.6 Å². The second-order valence-electron chi connectivity index (χ2n) is 8.60. The first-order valence-electron chi connectivity index (χ1n) is 11.5. The molecule has 2 aromatic heterocycles. The summed E-state index contributed by atoms with van der Waals surface area (Å²) in [5.74, 6) is -0.889. The van der Waals surface area contributed by atoms with E-state index in [0.717, 1.165) is 21.6 Å². The van der Waals surface area contributed by atoms with Crippen LogP contribution in [0, 0.1) is 6.92 Å². The van der Waals surface area contributed by atoms with Crippen molar-refractivity contribution in [3.63, 3.8) is 0 Å². The lowest BCUT2D eigenvalue weighted by Gasteiger charge is -2.24. The third kappa shape index (κ3) is 4.78. The molecule has 1 aliphatic heterocycles. The van der Waals surface area contributed by atoms with E-state index >= 15 is 0 Å². The van der Waals surface area contributed by atoms with E-state index < -0.39 is 17.7 Å². The zero-order chi connectivity index (χ0) is 25.1. The van der Waals surface area contributed by atoms with Gasteiger partial charge in [-0.2, -0.15) is 0 Å². The number of likely N-dealkylation sites (tertiary alicyclic amines) is 1. The molecule has 4 aromatic rings. The lowest BCUT2D eigenvalue weighted by molar-refractivity contribution is -0.140. The van der Waals surface area contributed by atoms with Crippen LogP contribution in [0.5, 0.6) is 5.75 Å². The van der Waals surface area contributed by atoms with Crippen LogP contribution in [0.25, 0.3) is 5.76 Å². The van der Waals surface area contributed by atoms with E-state index in [-0.39, 0.29) is 17.9 Å². The molecule has 0 aliphatic carbocycles. The molecule has 0 radical (unpaired) electrons. The highest BCUT2D eigenvalue weighted by molar-refractivity contribution is 7.10. The number of hydrogen-bond acceptors (Lipinski definition) is 6. The van der Waals surface area contributed by atoms with E-state index in [0.29, 0.717) is 17.9 Å². The number of carbonyl (C=O) groups excluding carboxylic acids is 2. The Morgan fingerprint density at radius 2 is 1.78 bits per heavy atom. The van der Waals surface area contributed by atoms with Gasteiger partial charge in [-0.05, 0) is 65.9 Å². The fourth-order valence-electron chi connectivity index (χ4n) is 4.30. The van der Waals surface area contributed by atoms with E-state index in [1.54, 1.807) is 48.8 Å². The van der Waals surface area contributed by atoms with Crippen LogP contribution in [-0.2, 0) is 22.7 Å². The van der Waals surface area contributed by atoms with E-state index in [1.165, 1.54) is 16.2 Å². The third-order valence-corrected chi connectivity index (χ3v) is 7.00. The smallest absolute Gasteiger partial charge is 0.295 e. The molecular weight excluding hydrogens is 472 g/mol. The maximum atomic E-state index is 13.1. The standard InChI is InChI=1S/C29H24N2O4S/c1-19-4-2-5-21(16-19)18-35-23-9-7-22(8-10-23)27(32)25-26(24-6-3-15-36-24)31(29(34)28(25)33)17-20-11-13-30-14-12-20/h2-16,26,32H,17-18H2,1H3/b27-25-. The number of carbonyl (C=O) groups is 2. The van der Waals surface area contributed by atoms with Gasteiger partial charge in [-0.25, -0.2) is 0 Å². The Morgan fingerprint density at radius 1 is 1.00 bits per heavy atom. The van der Waals surface area contributed by atoms with Gasteiger partial charge in [0.15, 0.2) is 0 Å². The minimum absolute atomic E-state index is 0.0879. The maximum absolute atomic E-state index is 13.1. The molecular formula is C29H24N2O4S. The van der Waals surface area contributed by atoms with Crippen LogP contribution in [0.3, 0.4) is 0 Å². The van der Waals surface area contributed by atoms with Crippen molar-refractivity contribution in [2.45, 2.75) is 26.1 Å². The highest BCUT2D eigenvalue weighted by Crippen LogP contribution is 2.42. The van der Waals surface area contributed by atoms with Crippen molar-refractivity contribution in [2.24, 2.45) is 0 Å². The number of pyridine rings is 1. The zero-order valence-corrected chi connectivity index (χ0v) is 20.4. The molecule has 0 bridgehead atoms. The Labute approximate surface area is 213 Å². The number of ether oxygens (including phenoxy) is 1. The van der Waals surface area contributed by atoms with E-state index in [9.17, 15) is 14.7 Å². The van der Waals surface area contributed by atoms with E-state index in [2.05, 4.69) is 11.1 Å². The molecule has 2 aromatic carbocycles. The number of aliphatic hydroxyl groups excluding tert-OH is 1. The Morgan fingerprint density at radius 3 is 2.47 bits per heavy atom. The number of benzene rings is 2. The van der Waals surface area contributed by atoms with Gasteiger partial charge >= 0.3 is 0 Å². The predicted molar refractivity (Wildman–Crippen MR) is 138 cm³/mol. The van der Waals surface area contributed by atoms with Crippen molar-refractivity contribution in [1.29, 1.82) is 0 Å². The summed E-state index contributed by atoms with van der Waals surface area (Å²) in [6, 6.07) is 21.7. The second-order valence-corrected chi connectivity index (χ2v) is 9.58. The molecule has 5 rings (SSSR count). The fourth-order valence-corrected chi connectivity index (χ4v) is 5.15. The molecule has 1 unspecified atom stereocenters. The summed E-state index contributed by atoms with van der Waals surface area (Å²) in [7, 11) is 0. The van der Waals surface area contributed by atoms with E-state index in [4.69, 9.17) is 4.74 Å². The minimum Gasteiger partial charge on any atom is -0.507 e. The van der Waals surface area contributed by atoms with Crippen molar-refractivity contribution in [1.82, 2.24) is 9.88 Å². The molecule has 1 aliphatic rings. The molecule has 3 heterocycles. The fraction of sp³-hybridized carbons (Fsp3) is 0.138. The van der Waals surface area contributed by atoms with Crippen molar-refractivity contribution in [3.8, 4) is 5.75 Å². The second kappa shape index (κ2) is 10.2. The topological polar surface area (TPSA) is 79.7 Å². The van der Waals surface area contributed by atoms with Crippen molar-refractivity contribution in [3.05, 3.63) is 123 Å². The minimum atomic E-state index is -0.695. The van der Waals surface area contributed by atoms with Gasteiger partial charge in [-0.15, -0.1) is 11.3 Å². The number of nitrogens with zero attached hydrogens (tertiary/aromatic N) is 2. The number of hydrogen-bond donors (Lipinski definition) is 1. The van der Waals surface area contributed by atoms with Crippen LogP contribution in [0.1, 0.15) is 33.2 Å². The Hall–Kier alpha value is -4.23. The van der Waals surface area contributed by atoms with Gasteiger partial charge in [-0.3, -0.25) is 14.6 Å². The molecule has 180 valence electrons. The van der Waals surface area contributed by atoms with Gasteiger partial charge in [0.05, 0.1) is 11.6 Å². The van der Waals surface area contributed by atoms with Crippen LogP contribution in [-0.4, -0.2) is 26.7 Å². The summed E-state index contributed by atoms with van der Waals surface area (Å²) in [6.45, 7) is 2.69. The Balaban J connectivity index is 1.43. The molecule has 1 atom stereocenters. The summed E-state index contributed by atoms with van der Waals surface area (Å²) in [4.78, 5) is 32.5. The first-order valence-corrected chi connectivity index (χ1v) is 12.4. The third-order valence-electron chi connectivity index (χ3n) is 6.07. The summed E-state index contributed by atoms with van der Waals surface area (Å²) in [5, 5.41) is 13.1. The van der Waals surface area contributed by atoms with Crippen LogP contribution in [0.4, 0.5) is 0 Å². The highest BCUT2D eigenvalue weighted by Gasteiger charge is 2.46. The molecule has 1 saturated heterocycles. The van der Waals surface area contributed by atoms with Crippen molar-refractivity contribution < 1.29 is 19.4 Å². The first kappa shape index (κ1) is 23.5. The number of thiophene rings is 1. The molecule has 36 heavy (non-hydrogen) atoms. The first-order chi connectivity index (χ1) is 17.5. The molecule has 0 saturated carbocycles. The monoisotopic (exact) mass is 496 g/mol. The highest BCUT2D eigenvalue weighted by atomic mass is 32.1. The molecule has 0 spiro atoms. The molecule has 1 N–H and O–H groups in total. The lowest BCUT2D eigenvalue weighted by atomic mass is 9.99. The van der Waals surface area contributed by atoms with Gasteiger partial charge in [0, 0.05) is 29.4 Å². The van der Waals surface area contributed by atoms with Crippen molar-refractivity contribution >= 4 is 28.8 Å². The van der Waals surface area contributed by atoms with Gasteiger partial charge in [0.2, 0.25) is 0 Å². The number of aryl methyl sites for hydroxylation is 1. The largest absolute Gasteiger partial charge is 0.507 e. The molecule has 6 nitrogen and oxygen atoms in total. The summed E-state index contributed by atoms with van der Waals surface area (Å²) in [5.41, 5.74) is 3.61. The number of amides is 1. The Bertz CT molecular complexity index is 1410. The number of ketones is 1. The SMILES string of the molecule is Cc1cccc(COc2ccc(/C(O)=C3/C(=O)C(=O)N(Cc4ccncc4)C3c3cccs3)cc2)c1. The van der Waals surface area contributed by atoms with Gasteiger partial charge in [0.25, 0.3) is 11.7 Å². The zero-order valence-electron chi connectivity index (χ0n) is 19.6. The van der Waals surface area contributed by atoms with Crippen LogP contribution in [0.2, 0.25) is 0 Å². The Kier molecular flexibility index (Phi) is 6.64. The molecule has 1 fully saturated rings. The number of Topliss-reactive ketones (excluding diaryl/α,β-unsaturated/α-hetero) is 1. The van der Waals surface area contributed by atoms with Gasteiger partial charge in [-0.1, -0.05) is 35.9 Å². The van der Waals surface area contributed by atoms with Gasteiger partial charge in [0.1, 0.15) is 18.1 Å². The maximum Gasteiger partial charge on any atom is 0.295 e. The lowest BCUT2D eigenvalue weighted by Crippen LogP contribution is -2.28. The van der Waals surface area contributed by atoms with Crippen molar-refractivity contribution in [2.75, 3.05) is 0 Å². The molecule has 7 heteroatoms. The summed E-state index contributed by atoms with van der Waals surface area (Å²) in [6.07, 6.45) is 3.29. The van der Waals surface area contributed by atoms with Crippen LogP contribution >= 0.6 is 11.3 Å². The van der Waals surface area contributed by atoms with Crippen LogP contribution in [0.15, 0.2) is 96.1 Å². The van der Waals surface area contributed by atoms with Gasteiger partial charge < -0.3 is 14.7 Å².